The summed E-state index contributed by atoms with van der Waals surface area (Å²) in [6, 6.07) is 5.36. The van der Waals surface area contributed by atoms with Crippen molar-refractivity contribution in [1.29, 1.82) is 0 Å². The monoisotopic (exact) mass is 269 g/mol. The van der Waals surface area contributed by atoms with Crippen molar-refractivity contribution in [1.82, 2.24) is 9.55 Å². The van der Waals surface area contributed by atoms with E-state index in [-0.39, 0.29) is 0 Å². The van der Waals surface area contributed by atoms with Gasteiger partial charge in [-0.1, -0.05) is 29.3 Å². The Morgan fingerprint density at radius 1 is 1.41 bits per heavy atom. The van der Waals surface area contributed by atoms with Crippen molar-refractivity contribution in [2.75, 3.05) is 0 Å². The molecule has 0 aliphatic rings. The molecule has 2 aromatic rings. The molecule has 0 amide bonds. The van der Waals surface area contributed by atoms with Gasteiger partial charge in [-0.2, -0.15) is 0 Å². The average Bonchev–Trinajstić information content (AvgIpc) is 2.68. The fourth-order valence-electron chi connectivity index (χ4n) is 1.80. The highest BCUT2D eigenvalue weighted by Crippen LogP contribution is 2.29. The Kier molecular flexibility index (Phi) is 3.43. The zero-order valence-electron chi connectivity index (χ0n) is 9.40. The van der Waals surface area contributed by atoms with Crippen LogP contribution in [0, 0.1) is 0 Å². The van der Waals surface area contributed by atoms with E-state index in [2.05, 4.69) is 4.98 Å². The first kappa shape index (κ1) is 12.4. The summed E-state index contributed by atoms with van der Waals surface area (Å²) in [4.78, 5) is 3.99. The van der Waals surface area contributed by atoms with E-state index >= 15 is 0 Å². The smallest absolute Gasteiger partial charge is 0.0946 e. The number of hydrogen-bond donors (Lipinski definition) is 1. The molecule has 5 heteroatoms. The Hall–Kier alpha value is -1.03. The van der Waals surface area contributed by atoms with Gasteiger partial charge in [0.2, 0.25) is 0 Å². The summed E-state index contributed by atoms with van der Waals surface area (Å²) in [7, 11) is 0. The molecule has 3 nitrogen and oxygen atoms in total. The van der Waals surface area contributed by atoms with E-state index in [1.807, 2.05) is 23.8 Å². The highest BCUT2D eigenvalue weighted by molar-refractivity contribution is 6.35. The van der Waals surface area contributed by atoms with Gasteiger partial charge in [-0.05, 0) is 24.6 Å². The topological polar surface area (TPSA) is 43.8 Å². The summed E-state index contributed by atoms with van der Waals surface area (Å²) in [6.45, 7) is 2.54. The third kappa shape index (κ3) is 2.80. The lowest BCUT2D eigenvalue weighted by Gasteiger charge is -2.26. The van der Waals surface area contributed by atoms with E-state index in [0.717, 1.165) is 5.56 Å². The van der Waals surface area contributed by atoms with E-state index in [9.17, 15) is 0 Å². The summed E-state index contributed by atoms with van der Waals surface area (Å²) < 4.78 is 1.92. The molecule has 1 aromatic carbocycles. The molecule has 0 aliphatic heterocycles. The predicted octanol–water partition coefficient (Wildman–Crippen LogP) is 3.06. The van der Waals surface area contributed by atoms with E-state index in [0.29, 0.717) is 16.6 Å². The minimum absolute atomic E-state index is 0.567. The van der Waals surface area contributed by atoms with Crippen molar-refractivity contribution < 1.29 is 0 Å². The van der Waals surface area contributed by atoms with Gasteiger partial charge >= 0.3 is 0 Å². The zero-order chi connectivity index (χ0) is 12.5. The van der Waals surface area contributed by atoms with Gasteiger partial charge in [0.1, 0.15) is 0 Å². The van der Waals surface area contributed by atoms with Gasteiger partial charge in [-0.25, -0.2) is 4.98 Å². The van der Waals surface area contributed by atoms with Crippen LogP contribution < -0.4 is 5.73 Å². The van der Waals surface area contributed by atoms with Gasteiger partial charge in [-0.15, -0.1) is 0 Å². The van der Waals surface area contributed by atoms with Crippen LogP contribution in [0.25, 0.3) is 0 Å². The normalized spacial score (nSPS) is 14.6. The first-order chi connectivity index (χ1) is 7.99. The molecule has 0 bridgehead atoms. The molecule has 0 saturated carbocycles. The third-order valence-corrected chi connectivity index (χ3v) is 3.16. The first-order valence-electron chi connectivity index (χ1n) is 5.19. The molecule has 17 heavy (non-hydrogen) atoms. The Balaban J connectivity index is 2.30. The maximum Gasteiger partial charge on any atom is 0.0946 e. The van der Waals surface area contributed by atoms with Gasteiger partial charge < -0.3 is 10.3 Å². The molecule has 1 atom stereocenters. The quantitative estimate of drug-likeness (QED) is 0.931. The van der Waals surface area contributed by atoms with E-state index < -0.39 is 5.54 Å². The molecular weight excluding hydrogens is 257 g/mol. The van der Waals surface area contributed by atoms with Crippen LogP contribution in [-0.2, 0) is 12.1 Å². The highest BCUT2D eigenvalue weighted by atomic mass is 35.5. The maximum atomic E-state index is 6.30. The molecule has 0 saturated heterocycles. The van der Waals surface area contributed by atoms with E-state index in [4.69, 9.17) is 28.9 Å². The maximum absolute atomic E-state index is 6.30. The fourth-order valence-corrected chi connectivity index (χ4v) is 2.42. The molecule has 0 aliphatic carbocycles. The largest absolute Gasteiger partial charge is 0.335 e. The van der Waals surface area contributed by atoms with Crippen LogP contribution in [0.1, 0.15) is 12.5 Å². The summed E-state index contributed by atoms with van der Waals surface area (Å²) in [6.07, 6.45) is 5.32. The molecule has 1 heterocycles. The van der Waals surface area contributed by atoms with Gasteiger partial charge in [0.25, 0.3) is 0 Å². The third-order valence-electron chi connectivity index (χ3n) is 2.62. The second kappa shape index (κ2) is 4.69. The number of aromatic nitrogens is 2. The predicted molar refractivity (Wildman–Crippen MR) is 70.2 cm³/mol. The number of hydrogen-bond acceptors (Lipinski definition) is 2. The molecule has 1 unspecified atom stereocenters. The number of nitrogens with two attached hydrogens (primary N) is 1. The minimum atomic E-state index is -0.567. The molecule has 0 spiro atoms. The Bertz CT molecular complexity index is 506. The van der Waals surface area contributed by atoms with Gasteiger partial charge in [-0.3, -0.25) is 0 Å². The number of benzene rings is 1. The SMILES string of the molecule is CC(N)(Cn1ccnc1)c1ccc(Cl)cc1Cl. The summed E-state index contributed by atoms with van der Waals surface area (Å²) in [5.74, 6) is 0. The molecule has 0 radical (unpaired) electrons. The average molecular weight is 270 g/mol. The Labute approximate surface area is 110 Å². The number of imidazole rings is 1. The molecule has 90 valence electrons. The molecule has 2 N–H and O–H groups in total. The number of nitrogens with zero attached hydrogens (tertiary/aromatic N) is 2. The Morgan fingerprint density at radius 2 is 2.18 bits per heavy atom. The highest BCUT2D eigenvalue weighted by Gasteiger charge is 2.24. The number of rotatable bonds is 3. The lowest BCUT2D eigenvalue weighted by Crippen LogP contribution is -2.37. The van der Waals surface area contributed by atoms with Crippen LogP contribution in [0.4, 0.5) is 0 Å². The van der Waals surface area contributed by atoms with Gasteiger partial charge in [0, 0.05) is 29.0 Å². The van der Waals surface area contributed by atoms with E-state index in [1.165, 1.54) is 0 Å². The van der Waals surface area contributed by atoms with Crippen LogP contribution in [0.3, 0.4) is 0 Å². The van der Waals surface area contributed by atoms with E-state index in [1.54, 1.807) is 24.7 Å². The molecule has 1 aromatic heterocycles. The van der Waals surface area contributed by atoms with Crippen molar-refractivity contribution in [3.8, 4) is 0 Å². The number of halogens is 2. The summed E-state index contributed by atoms with van der Waals surface area (Å²) in [5.41, 5.74) is 6.61. The Morgan fingerprint density at radius 3 is 2.76 bits per heavy atom. The molecular formula is C12H13Cl2N3. The van der Waals surface area contributed by atoms with Crippen LogP contribution in [-0.4, -0.2) is 9.55 Å². The fraction of sp³-hybridized carbons (Fsp3) is 0.250. The molecule has 0 fully saturated rings. The van der Waals surface area contributed by atoms with Crippen molar-refractivity contribution in [3.05, 3.63) is 52.5 Å². The van der Waals surface area contributed by atoms with Crippen molar-refractivity contribution in [2.24, 2.45) is 5.73 Å². The van der Waals surface area contributed by atoms with Crippen LogP contribution in [0.2, 0.25) is 10.0 Å². The lowest BCUT2D eigenvalue weighted by molar-refractivity contribution is 0.411. The van der Waals surface area contributed by atoms with Crippen LogP contribution >= 0.6 is 23.2 Å². The zero-order valence-corrected chi connectivity index (χ0v) is 10.9. The van der Waals surface area contributed by atoms with Crippen LogP contribution in [0.15, 0.2) is 36.9 Å². The lowest BCUT2D eigenvalue weighted by atomic mass is 9.93. The first-order valence-corrected chi connectivity index (χ1v) is 5.95. The van der Waals surface area contributed by atoms with Crippen molar-refractivity contribution in [3.63, 3.8) is 0 Å². The van der Waals surface area contributed by atoms with Gasteiger partial charge in [0.05, 0.1) is 11.9 Å². The minimum Gasteiger partial charge on any atom is -0.335 e. The van der Waals surface area contributed by atoms with Crippen LogP contribution in [0.5, 0.6) is 0 Å². The molecule has 2 rings (SSSR count). The standard InChI is InChI=1S/C12H13Cl2N3/c1-12(15,7-17-5-4-16-8-17)10-3-2-9(13)6-11(10)14/h2-6,8H,7,15H2,1H3. The summed E-state index contributed by atoms with van der Waals surface area (Å²) in [5, 5.41) is 1.19. The van der Waals surface area contributed by atoms with Crippen molar-refractivity contribution >= 4 is 23.2 Å². The second-order valence-corrected chi connectivity index (χ2v) is 5.12. The summed E-state index contributed by atoms with van der Waals surface area (Å²) >= 11 is 12.0. The van der Waals surface area contributed by atoms with Crippen molar-refractivity contribution in [2.45, 2.75) is 19.0 Å². The second-order valence-electron chi connectivity index (χ2n) is 4.28. The van der Waals surface area contributed by atoms with Gasteiger partial charge in [0.15, 0.2) is 0 Å².